The Morgan fingerprint density at radius 1 is 0.885 bits per heavy atom. The first-order chi connectivity index (χ1) is 12.3. The molecule has 138 valence electrons. The van der Waals surface area contributed by atoms with Crippen LogP contribution in [0.4, 0.5) is 5.69 Å². The lowest BCUT2D eigenvalue weighted by molar-refractivity contribution is -0.155. The molecule has 0 unspecified atom stereocenters. The van der Waals surface area contributed by atoms with E-state index in [2.05, 4.69) is 17.0 Å². The Bertz CT molecular complexity index is 780. The summed E-state index contributed by atoms with van der Waals surface area (Å²) in [4.78, 5) is 43.0. The molecule has 3 aliphatic rings. The number of hydrogen-bond donors (Lipinski definition) is 0. The van der Waals surface area contributed by atoms with Crippen LogP contribution in [-0.2, 0) is 14.4 Å². The van der Waals surface area contributed by atoms with Crippen LogP contribution in [0.1, 0.15) is 33.6 Å². The Balaban J connectivity index is 1.56. The Hall–Kier alpha value is -2.17. The molecule has 4 rings (SSSR count). The molecule has 1 amide bonds. The maximum Gasteiger partial charge on any atom is 0.237 e. The van der Waals surface area contributed by atoms with Crippen molar-refractivity contribution in [2.45, 2.75) is 33.6 Å². The van der Waals surface area contributed by atoms with Crippen molar-refractivity contribution < 1.29 is 14.4 Å². The van der Waals surface area contributed by atoms with E-state index >= 15 is 0 Å². The molecule has 1 aromatic carbocycles. The summed E-state index contributed by atoms with van der Waals surface area (Å²) in [6, 6.07) is 10.2. The zero-order chi connectivity index (χ0) is 18.7. The van der Waals surface area contributed by atoms with Crippen LogP contribution in [0.2, 0.25) is 0 Å². The molecule has 0 radical (unpaired) electrons. The average molecular weight is 354 g/mol. The number of carbonyl (C=O) groups excluding carboxylic acids is 3. The second kappa shape index (κ2) is 5.41. The standard InChI is InChI=1S/C21H26N2O3/c1-19(2)20(3)9-10-21(19,17(25)16(20)24)18(26)23-13-11-22(12-14-23)15-7-5-4-6-8-15/h4-8H,9-14H2,1-3H3/t20-,21+/m0/s1. The third kappa shape index (κ3) is 1.89. The van der Waals surface area contributed by atoms with Gasteiger partial charge in [0.05, 0.1) is 0 Å². The zero-order valence-electron chi connectivity index (χ0n) is 15.7. The smallest absolute Gasteiger partial charge is 0.237 e. The van der Waals surface area contributed by atoms with E-state index in [-0.39, 0.29) is 11.7 Å². The highest BCUT2D eigenvalue weighted by Crippen LogP contribution is 2.69. The molecule has 26 heavy (non-hydrogen) atoms. The van der Waals surface area contributed by atoms with Gasteiger partial charge < -0.3 is 9.80 Å². The summed E-state index contributed by atoms with van der Waals surface area (Å²) in [5, 5.41) is 0. The number of para-hydroxylation sites is 1. The molecule has 0 spiro atoms. The van der Waals surface area contributed by atoms with Gasteiger partial charge in [-0.25, -0.2) is 0 Å². The minimum Gasteiger partial charge on any atom is -0.368 e. The minimum atomic E-state index is -1.16. The van der Waals surface area contributed by atoms with Gasteiger partial charge in [-0.3, -0.25) is 14.4 Å². The Kier molecular flexibility index (Phi) is 3.59. The molecule has 1 saturated heterocycles. The fraction of sp³-hybridized carbons (Fsp3) is 0.571. The molecule has 0 N–H and O–H groups in total. The SMILES string of the molecule is CC1(C)[C@]2(C(=O)N3CCN(c4ccccc4)CC3)CC[C@@]1(C)C(=O)C2=O. The van der Waals surface area contributed by atoms with Gasteiger partial charge in [0.2, 0.25) is 17.5 Å². The van der Waals surface area contributed by atoms with Crippen molar-refractivity contribution in [2.75, 3.05) is 31.1 Å². The number of benzene rings is 1. The quantitative estimate of drug-likeness (QED) is 0.604. The summed E-state index contributed by atoms with van der Waals surface area (Å²) in [5.74, 6) is -0.924. The van der Waals surface area contributed by atoms with Crippen LogP contribution < -0.4 is 4.90 Å². The maximum absolute atomic E-state index is 13.5. The molecule has 5 nitrogen and oxygen atoms in total. The lowest BCUT2D eigenvalue weighted by atomic mass is 9.64. The summed E-state index contributed by atoms with van der Waals surface area (Å²) >= 11 is 0. The first-order valence-corrected chi connectivity index (χ1v) is 9.44. The summed E-state index contributed by atoms with van der Waals surface area (Å²) < 4.78 is 0. The molecule has 0 aromatic heterocycles. The van der Waals surface area contributed by atoms with E-state index in [1.165, 1.54) is 0 Å². The van der Waals surface area contributed by atoms with E-state index in [0.717, 1.165) is 18.8 Å². The van der Waals surface area contributed by atoms with Gasteiger partial charge in [0.25, 0.3) is 0 Å². The van der Waals surface area contributed by atoms with Crippen molar-refractivity contribution in [1.29, 1.82) is 0 Å². The highest BCUT2D eigenvalue weighted by molar-refractivity contribution is 6.48. The molecule has 2 bridgehead atoms. The van der Waals surface area contributed by atoms with Gasteiger partial charge in [-0.1, -0.05) is 39.0 Å². The van der Waals surface area contributed by atoms with Crippen LogP contribution >= 0.6 is 0 Å². The molecule has 3 fully saturated rings. The molecule has 1 aromatic rings. The highest BCUT2D eigenvalue weighted by atomic mass is 16.2. The second-order valence-electron chi connectivity index (χ2n) is 8.64. The largest absolute Gasteiger partial charge is 0.368 e. The number of amides is 1. The number of rotatable bonds is 2. The topological polar surface area (TPSA) is 57.7 Å². The lowest BCUT2D eigenvalue weighted by Crippen LogP contribution is -2.57. The predicted octanol–water partition coefficient (Wildman–Crippen LogP) is 2.30. The van der Waals surface area contributed by atoms with Gasteiger partial charge in [0, 0.05) is 37.3 Å². The van der Waals surface area contributed by atoms with Gasteiger partial charge in [-0.15, -0.1) is 0 Å². The zero-order valence-corrected chi connectivity index (χ0v) is 15.7. The van der Waals surface area contributed by atoms with E-state index in [0.29, 0.717) is 25.9 Å². The molecule has 5 heteroatoms. The third-order valence-electron chi connectivity index (χ3n) is 7.59. The van der Waals surface area contributed by atoms with Crippen molar-refractivity contribution >= 4 is 23.2 Å². The number of fused-ring (bicyclic) bond motifs is 2. The predicted molar refractivity (Wildman–Crippen MR) is 98.8 cm³/mol. The van der Waals surface area contributed by atoms with Crippen LogP contribution in [0, 0.1) is 16.2 Å². The van der Waals surface area contributed by atoms with E-state index in [9.17, 15) is 14.4 Å². The van der Waals surface area contributed by atoms with Crippen molar-refractivity contribution in [2.24, 2.45) is 16.2 Å². The van der Waals surface area contributed by atoms with E-state index < -0.39 is 22.0 Å². The molecule has 1 heterocycles. The van der Waals surface area contributed by atoms with Gasteiger partial charge in [0.1, 0.15) is 5.41 Å². The molecular weight excluding hydrogens is 328 g/mol. The monoisotopic (exact) mass is 354 g/mol. The van der Waals surface area contributed by atoms with Gasteiger partial charge in [0.15, 0.2) is 0 Å². The first kappa shape index (κ1) is 17.3. The molecule has 2 aliphatic carbocycles. The van der Waals surface area contributed by atoms with Gasteiger partial charge >= 0.3 is 0 Å². The highest BCUT2D eigenvalue weighted by Gasteiger charge is 2.78. The van der Waals surface area contributed by atoms with Crippen molar-refractivity contribution in [3.63, 3.8) is 0 Å². The molecule has 2 atom stereocenters. The van der Waals surface area contributed by atoms with Crippen molar-refractivity contribution in [3.05, 3.63) is 30.3 Å². The Labute approximate surface area is 154 Å². The number of hydrogen-bond acceptors (Lipinski definition) is 4. The third-order valence-corrected chi connectivity index (χ3v) is 7.59. The summed E-state index contributed by atoms with van der Waals surface area (Å²) in [7, 11) is 0. The fourth-order valence-corrected chi connectivity index (χ4v) is 5.32. The first-order valence-electron chi connectivity index (χ1n) is 9.44. The van der Waals surface area contributed by atoms with Crippen LogP contribution in [0.3, 0.4) is 0 Å². The van der Waals surface area contributed by atoms with E-state index in [4.69, 9.17) is 0 Å². The summed E-state index contributed by atoms with van der Waals surface area (Å²) in [6.45, 7) is 8.38. The van der Waals surface area contributed by atoms with Gasteiger partial charge in [-0.2, -0.15) is 0 Å². The summed E-state index contributed by atoms with van der Waals surface area (Å²) in [6.07, 6.45) is 1.12. The normalized spacial score (nSPS) is 33.0. The van der Waals surface area contributed by atoms with Crippen LogP contribution in [0.15, 0.2) is 30.3 Å². The number of ketones is 2. The molecule has 2 saturated carbocycles. The summed E-state index contributed by atoms with van der Waals surface area (Å²) in [5.41, 5.74) is -1.33. The van der Waals surface area contributed by atoms with Gasteiger partial charge in [-0.05, 0) is 30.4 Å². The number of carbonyl (C=O) groups is 3. The Morgan fingerprint density at radius 3 is 2.04 bits per heavy atom. The number of nitrogens with zero attached hydrogens (tertiary/aromatic N) is 2. The van der Waals surface area contributed by atoms with Crippen LogP contribution in [0.25, 0.3) is 0 Å². The van der Waals surface area contributed by atoms with Crippen molar-refractivity contribution in [3.8, 4) is 0 Å². The number of Topliss-reactive ketones (excluding diaryl/α,β-unsaturated/α-hetero) is 2. The van der Waals surface area contributed by atoms with E-state index in [1.54, 1.807) is 0 Å². The van der Waals surface area contributed by atoms with Crippen LogP contribution in [-0.4, -0.2) is 48.6 Å². The number of piperazine rings is 1. The fourth-order valence-electron chi connectivity index (χ4n) is 5.32. The molecule has 1 aliphatic heterocycles. The maximum atomic E-state index is 13.5. The van der Waals surface area contributed by atoms with Crippen molar-refractivity contribution in [1.82, 2.24) is 4.90 Å². The average Bonchev–Trinajstić information content (AvgIpc) is 2.93. The molecular formula is C21H26N2O3. The number of anilines is 1. The van der Waals surface area contributed by atoms with E-state index in [1.807, 2.05) is 43.9 Å². The van der Waals surface area contributed by atoms with Crippen LogP contribution in [0.5, 0.6) is 0 Å². The minimum absolute atomic E-state index is 0.130. The lowest BCUT2D eigenvalue weighted by Gasteiger charge is -2.43. The second-order valence-corrected chi connectivity index (χ2v) is 8.64. The Morgan fingerprint density at radius 2 is 1.50 bits per heavy atom.